The maximum Gasteiger partial charge on any atom is 0.119 e. The monoisotopic (exact) mass is 425 g/mol. The second kappa shape index (κ2) is 11.2. The SMILES string of the molecule is COc1cccc(C(O)(Cc2ccccc2)C(Cc2ccccc2)CN(C)C)c1.Cl. The summed E-state index contributed by atoms with van der Waals surface area (Å²) in [7, 11) is 5.79. The van der Waals surface area contributed by atoms with Crippen molar-refractivity contribution in [3.05, 3.63) is 102 Å². The lowest BCUT2D eigenvalue weighted by Gasteiger charge is -2.39. The molecule has 0 saturated heterocycles. The molecule has 0 aliphatic rings. The smallest absolute Gasteiger partial charge is 0.119 e. The molecule has 3 nitrogen and oxygen atoms in total. The Morgan fingerprint density at radius 1 is 0.867 bits per heavy atom. The van der Waals surface area contributed by atoms with Gasteiger partial charge in [-0.1, -0.05) is 72.8 Å². The van der Waals surface area contributed by atoms with Gasteiger partial charge in [-0.15, -0.1) is 12.4 Å². The van der Waals surface area contributed by atoms with Crippen LogP contribution in [-0.2, 0) is 18.4 Å². The summed E-state index contributed by atoms with van der Waals surface area (Å²) in [6.07, 6.45) is 1.34. The van der Waals surface area contributed by atoms with Gasteiger partial charge in [0.05, 0.1) is 12.7 Å². The van der Waals surface area contributed by atoms with Crippen molar-refractivity contribution in [3.63, 3.8) is 0 Å². The highest BCUT2D eigenvalue weighted by atomic mass is 35.5. The fourth-order valence-corrected chi connectivity index (χ4v) is 4.01. The summed E-state index contributed by atoms with van der Waals surface area (Å²) in [5.74, 6) is 0.768. The van der Waals surface area contributed by atoms with Crippen molar-refractivity contribution in [1.82, 2.24) is 4.90 Å². The Kier molecular flexibility index (Phi) is 8.91. The Balaban J connectivity index is 0.00000320. The summed E-state index contributed by atoms with van der Waals surface area (Å²) in [4.78, 5) is 2.16. The third kappa shape index (κ3) is 6.09. The molecule has 3 rings (SSSR count). The van der Waals surface area contributed by atoms with Crippen molar-refractivity contribution in [2.24, 2.45) is 5.92 Å². The highest BCUT2D eigenvalue weighted by molar-refractivity contribution is 5.85. The third-order valence-electron chi connectivity index (χ3n) is 5.47. The van der Waals surface area contributed by atoms with E-state index in [-0.39, 0.29) is 18.3 Å². The molecule has 3 aromatic rings. The fourth-order valence-electron chi connectivity index (χ4n) is 4.01. The van der Waals surface area contributed by atoms with Crippen LogP contribution in [0.15, 0.2) is 84.9 Å². The Bertz CT molecular complexity index is 886. The molecule has 0 fully saturated rings. The Morgan fingerprint density at radius 2 is 1.47 bits per heavy atom. The number of hydrogen-bond acceptors (Lipinski definition) is 3. The lowest BCUT2D eigenvalue weighted by atomic mass is 9.74. The maximum absolute atomic E-state index is 12.2. The topological polar surface area (TPSA) is 32.7 Å². The lowest BCUT2D eigenvalue weighted by molar-refractivity contribution is -0.0331. The van der Waals surface area contributed by atoms with Crippen LogP contribution in [0.4, 0.5) is 0 Å². The first-order valence-electron chi connectivity index (χ1n) is 10.1. The van der Waals surface area contributed by atoms with Gasteiger partial charge in [-0.25, -0.2) is 0 Å². The second-order valence-corrected chi connectivity index (χ2v) is 7.97. The molecule has 0 aliphatic heterocycles. The van der Waals surface area contributed by atoms with Gasteiger partial charge in [-0.2, -0.15) is 0 Å². The first-order valence-corrected chi connectivity index (χ1v) is 10.1. The van der Waals surface area contributed by atoms with Gasteiger partial charge < -0.3 is 14.7 Å². The van der Waals surface area contributed by atoms with Crippen molar-refractivity contribution in [1.29, 1.82) is 0 Å². The Hall–Kier alpha value is -2.33. The minimum absolute atomic E-state index is 0. The van der Waals surface area contributed by atoms with Crippen LogP contribution >= 0.6 is 12.4 Å². The Labute approximate surface area is 186 Å². The van der Waals surface area contributed by atoms with Crippen LogP contribution in [0.2, 0.25) is 0 Å². The van der Waals surface area contributed by atoms with Gasteiger partial charge in [-0.05, 0) is 49.3 Å². The highest BCUT2D eigenvalue weighted by Crippen LogP contribution is 2.37. The number of hydrogen-bond donors (Lipinski definition) is 1. The van der Waals surface area contributed by atoms with Gasteiger partial charge >= 0.3 is 0 Å². The minimum Gasteiger partial charge on any atom is -0.497 e. The molecule has 4 heteroatoms. The second-order valence-electron chi connectivity index (χ2n) is 7.97. The molecule has 0 bridgehead atoms. The van der Waals surface area contributed by atoms with Crippen LogP contribution in [0.25, 0.3) is 0 Å². The lowest BCUT2D eigenvalue weighted by Crippen LogP contribution is -2.43. The van der Waals surface area contributed by atoms with E-state index in [0.717, 1.165) is 29.8 Å². The van der Waals surface area contributed by atoms with Gasteiger partial charge in [0.25, 0.3) is 0 Å². The molecule has 0 aliphatic carbocycles. The van der Waals surface area contributed by atoms with Crippen molar-refractivity contribution in [3.8, 4) is 5.75 Å². The summed E-state index contributed by atoms with van der Waals surface area (Å²) < 4.78 is 5.46. The van der Waals surface area contributed by atoms with E-state index in [1.807, 2.05) is 48.5 Å². The van der Waals surface area contributed by atoms with Crippen LogP contribution < -0.4 is 4.74 Å². The molecule has 30 heavy (non-hydrogen) atoms. The first-order chi connectivity index (χ1) is 14.0. The number of benzene rings is 3. The zero-order valence-corrected chi connectivity index (χ0v) is 18.8. The van der Waals surface area contributed by atoms with E-state index in [0.29, 0.717) is 6.42 Å². The van der Waals surface area contributed by atoms with Crippen LogP contribution in [0.1, 0.15) is 16.7 Å². The molecule has 2 unspecified atom stereocenters. The van der Waals surface area contributed by atoms with Crippen molar-refractivity contribution < 1.29 is 9.84 Å². The summed E-state index contributed by atoms with van der Waals surface area (Å²) in [5.41, 5.74) is 2.21. The summed E-state index contributed by atoms with van der Waals surface area (Å²) >= 11 is 0. The molecule has 0 saturated carbocycles. The van der Waals surface area contributed by atoms with Gasteiger partial charge in [-0.3, -0.25) is 0 Å². The van der Waals surface area contributed by atoms with Gasteiger partial charge in [0.2, 0.25) is 0 Å². The zero-order chi connectivity index (χ0) is 20.7. The number of aliphatic hydroxyl groups is 1. The number of halogens is 1. The molecule has 0 aromatic heterocycles. The van der Waals surface area contributed by atoms with E-state index in [1.54, 1.807) is 7.11 Å². The molecule has 0 spiro atoms. The molecular formula is C26H32ClNO2. The van der Waals surface area contributed by atoms with Gasteiger partial charge in [0, 0.05) is 18.9 Å². The zero-order valence-electron chi connectivity index (χ0n) is 18.0. The van der Waals surface area contributed by atoms with Crippen LogP contribution in [0.3, 0.4) is 0 Å². The number of methoxy groups -OCH3 is 1. The van der Waals surface area contributed by atoms with Crippen molar-refractivity contribution in [2.45, 2.75) is 18.4 Å². The Morgan fingerprint density at radius 3 is 2.03 bits per heavy atom. The third-order valence-corrected chi connectivity index (χ3v) is 5.47. The summed E-state index contributed by atoms with van der Waals surface area (Å²) in [6.45, 7) is 0.773. The quantitative estimate of drug-likeness (QED) is 0.525. The average molecular weight is 426 g/mol. The maximum atomic E-state index is 12.2. The van der Waals surface area contributed by atoms with E-state index < -0.39 is 5.60 Å². The van der Waals surface area contributed by atoms with E-state index in [9.17, 15) is 5.11 Å². The van der Waals surface area contributed by atoms with Crippen LogP contribution in [0, 0.1) is 5.92 Å². The normalized spacial score (nSPS) is 13.9. The molecule has 3 aromatic carbocycles. The number of nitrogens with zero attached hydrogens (tertiary/aromatic N) is 1. The molecule has 0 heterocycles. The fraction of sp³-hybridized carbons (Fsp3) is 0.308. The standard InChI is InChI=1S/C26H31NO2.ClH/c1-27(2)20-24(17-21-11-6-4-7-12-21)26(28,19-22-13-8-5-9-14-22)23-15-10-16-25(18-23)29-3;/h4-16,18,24,28H,17,19-20H2,1-3H3;1H. The molecule has 2 atom stereocenters. The van der Waals surface area contributed by atoms with Gasteiger partial charge in [0.15, 0.2) is 0 Å². The van der Waals surface area contributed by atoms with Gasteiger partial charge in [0.1, 0.15) is 5.75 Å². The first kappa shape index (κ1) is 23.9. The van der Waals surface area contributed by atoms with Crippen molar-refractivity contribution in [2.75, 3.05) is 27.7 Å². The van der Waals surface area contributed by atoms with E-state index in [2.05, 4.69) is 55.4 Å². The average Bonchev–Trinajstić information content (AvgIpc) is 2.74. The molecule has 1 N–H and O–H groups in total. The van der Waals surface area contributed by atoms with E-state index in [1.165, 1.54) is 5.56 Å². The number of rotatable bonds is 9. The molecule has 0 amide bonds. The van der Waals surface area contributed by atoms with E-state index in [4.69, 9.17) is 4.74 Å². The molecular weight excluding hydrogens is 394 g/mol. The largest absolute Gasteiger partial charge is 0.497 e. The minimum atomic E-state index is -1.03. The summed E-state index contributed by atoms with van der Waals surface area (Å²) in [6, 6.07) is 28.5. The predicted molar refractivity (Wildman–Crippen MR) is 126 cm³/mol. The van der Waals surface area contributed by atoms with Crippen molar-refractivity contribution >= 4 is 12.4 Å². The number of ether oxygens (including phenoxy) is 1. The van der Waals surface area contributed by atoms with Crippen LogP contribution in [0.5, 0.6) is 5.75 Å². The molecule has 160 valence electrons. The molecule has 0 radical (unpaired) electrons. The highest BCUT2D eigenvalue weighted by Gasteiger charge is 2.39. The summed E-state index contributed by atoms with van der Waals surface area (Å²) in [5, 5.41) is 12.2. The van der Waals surface area contributed by atoms with E-state index >= 15 is 0 Å². The van der Waals surface area contributed by atoms with Crippen LogP contribution in [-0.4, -0.2) is 37.8 Å². The predicted octanol–water partition coefficient (Wildman–Crippen LogP) is 4.97.